The van der Waals surface area contributed by atoms with E-state index in [0.29, 0.717) is 10.6 Å². The lowest BCUT2D eigenvalue weighted by Gasteiger charge is -2.23. The molecule has 1 amide bonds. The predicted octanol–water partition coefficient (Wildman–Crippen LogP) is 2.58. The minimum Gasteiger partial charge on any atom is -0.349 e. The average molecular weight is 318 g/mol. The molecule has 1 heterocycles. The van der Waals surface area contributed by atoms with Crippen LogP contribution in [-0.2, 0) is 0 Å². The van der Waals surface area contributed by atoms with Crippen molar-refractivity contribution in [2.24, 2.45) is 0 Å². The van der Waals surface area contributed by atoms with Crippen LogP contribution in [-0.4, -0.2) is 25.0 Å². The topological polar surface area (TPSA) is 41.1 Å². The van der Waals surface area contributed by atoms with Crippen LogP contribution in [0.3, 0.4) is 0 Å². The Kier molecular flexibility index (Phi) is 4.42. The SMILES string of the molecule is O=C(NC1CCNCC1)c1ccc(Br)c(Cl)c1. The molecule has 92 valence electrons. The highest BCUT2D eigenvalue weighted by Crippen LogP contribution is 2.23. The molecule has 0 spiro atoms. The number of rotatable bonds is 2. The van der Waals surface area contributed by atoms with E-state index in [4.69, 9.17) is 11.6 Å². The van der Waals surface area contributed by atoms with Crippen LogP contribution < -0.4 is 10.6 Å². The van der Waals surface area contributed by atoms with Crippen LogP contribution in [0.2, 0.25) is 5.02 Å². The Balaban J connectivity index is 2.01. The van der Waals surface area contributed by atoms with Crippen molar-refractivity contribution in [3.8, 4) is 0 Å². The number of amides is 1. The Morgan fingerprint density at radius 1 is 1.41 bits per heavy atom. The first kappa shape index (κ1) is 12.9. The summed E-state index contributed by atoms with van der Waals surface area (Å²) in [6, 6.07) is 5.51. The second-order valence-corrected chi connectivity index (χ2v) is 5.39. The summed E-state index contributed by atoms with van der Waals surface area (Å²) in [5.41, 5.74) is 0.608. The van der Waals surface area contributed by atoms with Gasteiger partial charge in [-0.3, -0.25) is 4.79 Å². The molecule has 0 atom stereocenters. The van der Waals surface area contributed by atoms with Crippen molar-refractivity contribution in [1.82, 2.24) is 10.6 Å². The van der Waals surface area contributed by atoms with E-state index in [0.717, 1.165) is 30.4 Å². The van der Waals surface area contributed by atoms with E-state index < -0.39 is 0 Å². The summed E-state index contributed by atoms with van der Waals surface area (Å²) in [6.07, 6.45) is 1.96. The Morgan fingerprint density at radius 3 is 2.76 bits per heavy atom. The molecule has 1 saturated heterocycles. The molecule has 3 nitrogen and oxygen atoms in total. The van der Waals surface area contributed by atoms with Crippen LogP contribution in [0.4, 0.5) is 0 Å². The first-order valence-corrected chi connectivity index (χ1v) is 6.80. The van der Waals surface area contributed by atoms with Crippen LogP contribution in [0, 0.1) is 0 Å². The van der Waals surface area contributed by atoms with E-state index in [1.54, 1.807) is 18.2 Å². The fraction of sp³-hybridized carbons (Fsp3) is 0.417. The third-order valence-electron chi connectivity index (χ3n) is 2.86. The number of halogens is 2. The van der Waals surface area contributed by atoms with Crippen LogP contribution >= 0.6 is 27.5 Å². The maximum absolute atomic E-state index is 12.0. The Bertz CT molecular complexity index is 419. The summed E-state index contributed by atoms with van der Waals surface area (Å²) in [5.74, 6) is -0.0497. The first-order valence-electron chi connectivity index (χ1n) is 5.63. The normalized spacial score (nSPS) is 16.8. The molecule has 2 rings (SSSR count). The van der Waals surface area contributed by atoms with E-state index in [9.17, 15) is 4.79 Å². The smallest absolute Gasteiger partial charge is 0.251 e. The lowest BCUT2D eigenvalue weighted by Crippen LogP contribution is -2.42. The molecule has 0 radical (unpaired) electrons. The number of carbonyl (C=O) groups is 1. The van der Waals surface area contributed by atoms with Gasteiger partial charge in [0.15, 0.2) is 0 Å². The Morgan fingerprint density at radius 2 is 2.12 bits per heavy atom. The molecule has 17 heavy (non-hydrogen) atoms. The van der Waals surface area contributed by atoms with Crippen LogP contribution in [0.15, 0.2) is 22.7 Å². The predicted molar refractivity (Wildman–Crippen MR) is 72.5 cm³/mol. The largest absolute Gasteiger partial charge is 0.349 e. The zero-order valence-corrected chi connectivity index (χ0v) is 11.6. The highest BCUT2D eigenvalue weighted by molar-refractivity contribution is 9.10. The van der Waals surface area contributed by atoms with E-state index in [-0.39, 0.29) is 11.9 Å². The standard InChI is InChI=1S/C12H14BrClN2O/c13-10-2-1-8(7-11(10)14)12(17)16-9-3-5-15-6-4-9/h1-2,7,9,15H,3-6H2,(H,16,17). The lowest BCUT2D eigenvalue weighted by molar-refractivity contribution is 0.0929. The molecule has 0 aliphatic carbocycles. The van der Waals surface area contributed by atoms with Gasteiger partial charge in [0.25, 0.3) is 5.91 Å². The third-order valence-corrected chi connectivity index (χ3v) is 4.09. The Hall–Kier alpha value is -0.580. The van der Waals surface area contributed by atoms with Crippen LogP contribution in [0.25, 0.3) is 0 Å². The third kappa shape index (κ3) is 3.44. The molecule has 0 saturated carbocycles. The fourth-order valence-corrected chi connectivity index (χ4v) is 2.30. The maximum Gasteiger partial charge on any atom is 0.251 e. The zero-order chi connectivity index (χ0) is 12.3. The Labute approximate surface area is 114 Å². The number of carbonyl (C=O) groups excluding carboxylic acids is 1. The van der Waals surface area contributed by atoms with E-state index in [2.05, 4.69) is 26.6 Å². The number of nitrogens with one attached hydrogen (secondary N) is 2. The van der Waals surface area contributed by atoms with Gasteiger partial charge in [-0.25, -0.2) is 0 Å². The number of hydrogen-bond acceptors (Lipinski definition) is 2. The molecule has 0 bridgehead atoms. The van der Waals surface area contributed by atoms with Crippen molar-refractivity contribution in [3.63, 3.8) is 0 Å². The van der Waals surface area contributed by atoms with Crippen molar-refractivity contribution in [2.75, 3.05) is 13.1 Å². The molecule has 1 aromatic carbocycles. The summed E-state index contributed by atoms with van der Waals surface area (Å²) in [5, 5.41) is 6.85. The molecular weight excluding hydrogens is 304 g/mol. The van der Waals surface area contributed by atoms with Gasteiger partial charge >= 0.3 is 0 Å². The summed E-state index contributed by atoms with van der Waals surface area (Å²) in [4.78, 5) is 12.0. The van der Waals surface area contributed by atoms with Crippen molar-refractivity contribution in [2.45, 2.75) is 18.9 Å². The molecular formula is C12H14BrClN2O. The van der Waals surface area contributed by atoms with Crippen LogP contribution in [0.1, 0.15) is 23.2 Å². The highest BCUT2D eigenvalue weighted by atomic mass is 79.9. The minimum absolute atomic E-state index is 0.0497. The van der Waals surface area contributed by atoms with Crippen molar-refractivity contribution in [3.05, 3.63) is 33.3 Å². The van der Waals surface area contributed by atoms with Gasteiger partial charge in [0, 0.05) is 16.1 Å². The molecule has 1 aliphatic rings. The fourth-order valence-electron chi connectivity index (χ4n) is 1.87. The first-order chi connectivity index (χ1) is 8.16. The molecule has 1 aromatic rings. The van der Waals surface area contributed by atoms with Gasteiger partial charge in [0.2, 0.25) is 0 Å². The van der Waals surface area contributed by atoms with Gasteiger partial charge < -0.3 is 10.6 Å². The number of benzene rings is 1. The highest BCUT2D eigenvalue weighted by Gasteiger charge is 2.16. The molecule has 0 aromatic heterocycles. The van der Waals surface area contributed by atoms with Crippen LogP contribution in [0.5, 0.6) is 0 Å². The number of hydrogen-bond donors (Lipinski definition) is 2. The van der Waals surface area contributed by atoms with Crippen molar-refractivity contribution >= 4 is 33.4 Å². The monoisotopic (exact) mass is 316 g/mol. The average Bonchev–Trinajstić information content (AvgIpc) is 2.34. The molecule has 1 fully saturated rings. The summed E-state index contributed by atoms with van der Waals surface area (Å²) in [7, 11) is 0. The van der Waals surface area contributed by atoms with Gasteiger partial charge in [-0.2, -0.15) is 0 Å². The molecule has 2 N–H and O–H groups in total. The maximum atomic E-state index is 12.0. The van der Waals surface area contributed by atoms with E-state index >= 15 is 0 Å². The summed E-state index contributed by atoms with van der Waals surface area (Å²) >= 11 is 9.27. The second-order valence-electron chi connectivity index (χ2n) is 4.13. The van der Waals surface area contributed by atoms with Crippen molar-refractivity contribution in [1.29, 1.82) is 0 Å². The van der Waals surface area contributed by atoms with Crippen molar-refractivity contribution < 1.29 is 4.79 Å². The minimum atomic E-state index is -0.0497. The van der Waals surface area contributed by atoms with Gasteiger partial charge in [-0.05, 0) is 60.1 Å². The molecule has 1 aliphatic heterocycles. The number of piperidine rings is 1. The van der Waals surface area contributed by atoms with Gasteiger partial charge in [-0.1, -0.05) is 11.6 Å². The quantitative estimate of drug-likeness (QED) is 0.880. The molecule has 5 heteroatoms. The second kappa shape index (κ2) is 5.85. The zero-order valence-electron chi connectivity index (χ0n) is 9.30. The lowest BCUT2D eigenvalue weighted by atomic mass is 10.1. The van der Waals surface area contributed by atoms with Gasteiger partial charge in [0.05, 0.1) is 5.02 Å². The van der Waals surface area contributed by atoms with E-state index in [1.165, 1.54) is 0 Å². The molecule has 0 unspecified atom stereocenters. The summed E-state index contributed by atoms with van der Waals surface area (Å²) in [6.45, 7) is 1.93. The van der Waals surface area contributed by atoms with Gasteiger partial charge in [0.1, 0.15) is 0 Å². The summed E-state index contributed by atoms with van der Waals surface area (Å²) < 4.78 is 0.803. The van der Waals surface area contributed by atoms with E-state index in [1.807, 2.05) is 0 Å². The van der Waals surface area contributed by atoms with Gasteiger partial charge in [-0.15, -0.1) is 0 Å².